The van der Waals surface area contributed by atoms with Gasteiger partial charge < -0.3 is 15.4 Å². The Morgan fingerprint density at radius 2 is 2.11 bits per heavy atom. The molecule has 2 N–H and O–H groups in total. The molecule has 2 aromatic heterocycles. The van der Waals surface area contributed by atoms with Crippen LogP contribution in [-0.2, 0) is 9.53 Å². The average molecular weight is 368 g/mol. The molecule has 0 aliphatic carbocycles. The summed E-state index contributed by atoms with van der Waals surface area (Å²) in [5.41, 5.74) is 1.57. The number of anilines is 3. The zero-order valence-electron chi connectivity index (χ0n) is 15.4. The number of carbonyl (C=O) groups excluding carboxylic acids is 1. The maximum atomic E-state index is 12.5. The minimum Gasteiger partial charge on any atom is -0.381 e. The van der Waals surface area contributed by atoms with Crippen LogP contribution in [0.3, 0.4) is 0 Å². The summed E-state index contributed by atoms with van der Waals surface area (Å²) >= 11 is 0. The monoisotopic (exact) mass is 368 g/mol. The molecule has 1 saturated heterocycles. The molecule has 2 aliphatic heterocycles. The first-order valence-electron chi connectivity index (χ1n) is 9.38. The normalized spacial score (nSPS) is 17.4. The number of amides is 1. The number of hydrogen-bond donors (Lipinski definition) is 2. The van der Waals surface area contributed by atoms with Crippen LogP contribution in [0.1, 0.15) is 19.3 Å². The van der Waals surface area contributed by atoms with Crippen molar-refractivity contribution in [2.45, 2.75) is 19.3 Å². The van der Waals surface area contributed by atoms with E-state index < -0.39 is 0 Å². The van der Waals surface area contributed by atoms with E-state index in [9.17, 15) is 4.79 Å². The van der Waals surface area contributed by atoms with Crippen LogP contribution >= 0.6 is 0 Å². The number of nitrogens with one attached hydrogen (secondary N) is 2. The number of rotatable bonds is 5. The van der Waals surface area contributed by atoms with Crippen LogP contribution in [-0.4, -0.2) is 54.2 Å². The number of hydrogen-bond acceptors (Lipinski definition) is 7. The van der Waals surface area contributed by atoms with E-state index in [0.29, 0.717) is 29.8 Å². The van der Waals surface area contributed by atoms with Crippen molar-refractivity contribution in [3.05, 3.63) is 24.5 Å². The summed E-state index contributed by atoms with van der Waals surface area (Å²) in [6.07, 6.45) is 6.55. The largest absolute Gasteiger partial charge is 0.381 e. The molecule has 1 amide bonds. The standard InChI is InChI=1S/C19H24N6O2/c1-20-16-3-2-14(10-21-16)15-11-22-18-19(24-15)25(17(26)12-23-18)7-4-13-5-8-27-9-6-13/h2-3,10-11,13H,4-9,12H2,1H3,(H,20,21)(H,22,23). The summed E-state index contributed by atoms with van der Waals surface area (Å²) in [7, 11) is 1.83. The van der Waals surface area contributed by atoms with Crippen LogP contribution in [0.25, 0.3) is 11.3 Å². The zero-order valence-corrected chi connectivity index (χ0v) is 15.4. The Bertz CT molecular complexity index is 804. The quantitative estimate of drug-likeness (QED) is 0.835. The average Bonchev–Trinajstić information content (AvgIpc) is 2.73. The molecule has 4 heterocycles. The lowest BCUT2D eigenvalue weighted by atomic mass is 9.96. The summed E-state index contributed by atoms with van der Waals surface area (Å²) in [5.74, 6) is 2.68. The fourth-order valence-electron chi connectivity index (χ4n) is 3.47. The predicted octanol–water partition coefficient (Wildman–Crippen LogP) is 2.16. The van der Waals surface area contributed by atoms with Gasteiger partial charge in [0.1, 0.15) is 5.82 Å². The third kappa shape index (κ3) is 3.85. The first-order valence-corrected chi connectivity index (χ1v) is 9.38. The Morgan fingerprint density at radius 3 is 2.85 bits per heavy atom. The van der Waals surface area contributed by atoms with Gasteiger partial charge in [-0.1, -0.05) is 0 Å². The Labute approximate surface area is 158 Å². The van der Waals surface area contributed by atoms with E-state index in [2.05, 4.69) is 20.6 Å². The van der Waals surface area contributed by atoms with Gasteiger partial charge in [-0.15, -0.1) is 0 Å². The van der Waals surface area contributed by atoms with Gasteiger partial charge in [-0.3, -0.25) is 9.69 Å². The van der Waals surface area contributed by atoms with Gasteiger partial charge in [0.25, 0.3) is 0 Å². The molecular formula is C19H24N6O2. The topological polar surface area (TPSA) is 92.3 Å². The maximum absolute atomic E-state index is 12.5. The highest BCUT2D eigenvalue weighted by Crippen LogP contribution is 2.30. The molecule has 27 heavy (non-hydrogen) atoms. The van der Waals surface area contributed by atoms with Crippen molar-refractivity contribution in [2.24, 2.45) is 5.92 Å². The molecule has 2 aromatic rings. The second-order valence-corrected chi connectivity index (χ2v) is 6.85. The molecule has 8 heteroatoms. The number of fused-ring (bicyclic) bond motifs is 1. The van der Waals surface area contributed by atoms with Gasteiger partial charge >= 0.3 is 0 Å². The van der Waals surface area contributed by atoms with Crippen molar-refractivity contribution < 1.29 is 9.53 Å². The van der Waals surface area contributed by atoms with Crippen LogP contribution in [0.5, 0.6) is 0 Å². The second kappa shape index (κ2) is 7.87. The fraction of sp³-hybridized carbons (Fsp3) is 0.474. The maximum Gasteiger partial charge on any atom is 0.247 e. The summed E-state index contributed by atoms with van der Waals surface area (Å²) < 4.78 is 5.43. The highest BCUT2D eigenvalue weighted by molar-refractivity contribution is 6.00. The lowest BCUT2D eigenvalue weighted by Gasteiger charge is -2.30. The van der Waals surface area contributed by atoms with Crippen LogP contribution in [0, 0.1) is 5.92 Å². The van der Waals surface area contributed by atoms with E-state index in [-0.39, 0.29) is 12.5 Å². The molecule has 1 fully saturated rings. The number of ether oxygens (including phenoxy) is 1. The van der Waals surface area contributed by atoms with Crippen molar-refractivity contribution in [3.63, 3.8) is 0 Å². The van der Waals surface area contributed by atoms with Crippen LogP contribution in [0.15, 0.2) is 24.5 Å². The number of pyridine rings is 1. The minimum atomic E-state index is 0.0321. The van der Waals surface area contributed by atoms with Gasteiger partial charge in [0.05, 0.1) is 18.4 Å². The molecule has 142 valence electrons. The van der Waals surface area contributed by atoms with Crippen molar-refractivity contribution >= 4 is 23.4 Å². The molecular weight excluding hydrogens is 344 g/mol. The highest BCUT2D eigenvalue weighted by atomic mass is 16.5. The van der Waals surface area contributed by atoms with Gasteiger partial charge in [-0.25, -0.2) is 15.0 Å². The number of carbonyl (C=O) groups is 1. The summed E-state index contributed by atoms with van der Waals surface area (Å²) in [4.78, 5) is 27.8. The van der Waals surface area contributed by atoms with E-state index >= 15 is 0 Å². The van der Waals surface area contributed by atoms with Crippen LogP contribution < -0.4 is 15.5 Å². The molecule has 8 nitrogen and oxygen atoms in total. The second-order valence-electron chi connectivity index (χ2n) is 6.85. The Morgan fingerprint density at radius 1 is 1.26 bits per heavy atom. The van der Waals surface area contributed by atoms with Crippen LogP contribution in [0.4, 0.5) is 17.5 Å². The fourth-order valence-corrected chi connectivity index (χ4v) is 3.47. The van der Waals surface area contributed by atoms with Gasteiger partial charge in [-0.05, 0) is 37.3 Å². The number of aromatic nitrogens is 3. The SMILES string of the molecule is CNc1ccc(-c2cnc3c(n2)N(CCC2CCOCC2)C(=O)CN3)cn1. The van der Waals surface area contributed by atoms with Crippen molar-refractivity contribution in [1.29, 1.82) is 0 Å². The molecule has 0 radical (unpaired) electrons. The smallest absolute Gasteiger partial charge is 0.247 e. The summed E-state index contributed by atoms with van der Waals surface area (Å²) in [6.45, 7) is 2.55. The molecule has 0 atom stereocenters. The Hall–Kier alpha value is -2.74. The summed E-state index contributed by atoms with van der Waals surface area (Å²) in [5, 5.41) is 6.06. The van der Waals surface area contributed by atoms with E-state index in [1.165, 1.54) is 0 Å². The highest BCUT2D eigenvalue weighted by Gasteiger charge is 2.28. The minimum absolute atomic E-state index is 0.0321. The molecule has 0 spiro atoms. The Kier molecular flexibility index (Phi) is 5.15. The van der Waals surface area contributed by atoms with Crippen molar-refractivity contribution in [2.75, 3.05) is 48.9 Å². The third-order valence-corrected chi connectivity index (χ3v) is 5.14. The molecule has 0 unspecified atom stereocenters. The zero-order chi connectivity index (χ0) is 18.6. The Balaban J connectivity index is 1.56. The molecule has 0 saturated carbocycles. The van der Waals surface area contributed by atoms with Crippen molar-refractivity contribution in [3.8, 4) is 11.3 Å². The van der Waals surface area contributed by atoms with E-state index in [0.717, 1.165) is 43.9 Å². The third-order valence-electron chi connectivity index (χ3n) is 5.14. The van der Waals surface area contributed by atoms with Gasteiger partial charge in [0.2, 0.25) is 5.91 Å². The molecule has 0 aromatic carbocycles. The molecule has 0 bridgehead atoms. The summed E-state index contributed by atoms with van der Waals surface area (Å²) in [6, 6.07) is 3.84. The van der Waals surface area contributed by atoms with Gasteiger partial charge in [0.15, 0.2) is 11.6 Å². The van der Waals surface area contributed by atoms with Gasteiger partial charge in [-0.2, -0.15) is 0 Å². The van der Waals surface area contributed by atoms with Gasteiger partial charge in [0, 0.05) is 38.6 Å². The lowest BCUT2D eigenvalue weighted by Crippen LogP contribution is -2.42. The first kappa shape index (κ1) is 17.7. The molecule has 2 aliphatic rings. The van der Waals surface area contributed by atoms with Crippen molar-refractivity contribution in [1.82, 2.24) is 15.0 Å². The van der Waals surface area contributed by atoms with Crippen LogP contribution in [0.2, 0.25) is 0 Å². The lowest BCUT2D eigenvalue weighted by molar-refractivity contribution is -0.117. The number of nitrogens with zero attached hydrogens (tertiary/aromatic N) is 4. The first-order chi connectivity index (χ1) is 13.2. The van der Waals surface area contributed by atoms with E-state index in [4.69, 9.17) is 9.72 Å². The molecule has 4 rings (SSSR count). The van der Waals surface area contributed by atoms with E-state index in [1.54, 1.807) is 17.3 Å². The predicted molar refractivity (Wildman–Crippen MR) is 104 cm³/mol. The van der Waals surface area contributed by atoms with E-state index in [1.807, 2.05) is 19.2 Å².